The SMILES string of the molecule is COc1cc(Cl)cc(C=CC(=O)O)c1OCC(=O)O. The lowest BCUT2D eigenvalue weighted by Crippen LogP contribution is -2.10. The van der Waals surface area contributed by atoms with Crippen molar-refractivity contribution >= 4 is 29.6 Å². The third-order valence-corrected chi connectivity index (χ3v) is 2.23. The average Bonchev–Trinajstić information content (AvgIpc) is 2.33. The van der Waals surface area contributed by atoms with Crippen LogP contribution in [0.25, 0.3) is 6.08 Å². The molecule has 7 heteroatoms. The van der Waals surface area contributed by atoms with Crippen LogP contribution in [-0.2, 0) is 9.59 Å². The summed E-state index contributed by atoms with van der Waals surface area (Å²) in [6, 6.07) is 2.89. The van der Waals surface area contributed by atoms with Crippen molar-refractivity contribution in [3.8, 4) is 11.5 Å². The van der Waals surface area contributed by atoms with Crippen LogP contribution >= 0.6 is 11.6 Å². The van der Waals surface area contributed by atoms with Gasteiger partial charge in [0.15, 0.2) is 18.1 Å². The van der Waals surface area contributed by atoms with Gasteiger partial charge in [0.05, 0.1) is 7.11 Å². The van der Waals surface area contributed by atoms with Gasteiger partial charge < -0.3 is 19.7 Å². The Bertz CT molecular complexity index is 523. The zero-order chi connectivity index (χ0) is 14.4. The number of rotatable bonds is 6. The molecule has 0 saturated heterocycles. The predicted octanol–water partition coefficient (Wildman–Crippen LogP) is 1.91. The van der Waals surface area contributed by atoms with E-state index in [2.05, 4.69) is 0 Å². The molecule has 0 saturated carbocycles. The molecule has 2 N–H and O–H groups in total. The number of benzene rings is 1. The summed E-state index contributed by atoms with van der Waals surface area (Å²) in [5.74, 6) is -1.97. The minimum atomic E-state index is -1.16. The van der Waals surface area contributed by atoms with Gasteiger partial charge in [-0.3, -0.25) is 0 Å². The lowest BCUT2D eigenvalue weighted by molar-refractivity contribution is -0.139. The highest BCUT2D eigenvalue weighted by molar-refractivity contribution is 6.31. The Morgan fingerprint density at radius 1 is 1.37 bits per heavy atom. The van der Waals surface area contributed by atoms with E-state index in [0.717, 1.165) is 6.08 Å². The number of ether oxygens (including phenoxy) is 2. The minimum Gasteiger partial charge on any atom is -0.493 e. The smallest absolute Gasteiger partial charge is 0.341 e. The fraction of sp³-hybridized carbons (Fsp3) is 0.167. The van der Waals surface area contributed by atoms with Crippen LogP contribution in [0.15, 0.2) is 18.2 Å². The van der Waals surface area contributed by atoms with Crippen molar-refractivity contribution < 1.29 is 29.3 Å². The Hall–Kier alpha value is -2.21. The summed E-state index contributed by atoms with van der Waals surface area (Å²) < 4.78 is 10.1. The van der Waals surface area contributed by atoms with Gasteiger partial charge in [-0.25, -0.2) is 9.59 Å². The molecule has 1 aromatic rings. The third-order valence-electron chi connectivity index (χ3n) is 2.01. The van der Waals surface area contributed by atoms with Crippen LogP contribution in [0.3, 0.4) is 0 Å². The molecule has 102 valence electrons. The Labute approximate surface area is 113 Å². The van der Waals surface area contributed by atoms with E-state index in [-0.39, 0.29) is 11.5 Å². The molecule has 0 amide bonds. The summed E-state index contributed by atoms with van der Waals surface area (Å²) >= 11 is 5.85. The van der Waals surface area contributed by atoms with Gasteiger partial charge in [0, 0.05) is 22.7 Å². The number of carboxylic acid groups (broad SMARTS) is 2. The Morgan fingerprint density at radius 2 is 2.05 bits per heavy atom. The number of hydrogen-bond donors (Lipinski definition) is 2. The second-order valence-electron chi connectivity index (χ2n) is 3.38. The highest BCUT2D eigenvalue weighted by atomic mass is 35.5. The van der Waals surface area contributed by atoms with Gasteiger partial charge in [-0.05, 0) is 12.1 Å². The third kappa shape index (κ3) is 4.51. The Kier molecular flexibility index (Phi) is 5.20. The van der Waals surface area contributed by atoms with Gasteiger partial charge in [-0.1, -0.05) is 11.6 Å². The quantitative estimate of drug-likeness (QED) is 0.776. The molecule has 0 radical (unpaired) electrons. The Balaban J connectivity index is 3.20. The van der Waals surface area contributed by atoms with Crippen LogP contribution < -0.4 is 9.47 Å². The molecule has 0 unspecified atom stereocenters. The zero-order valence-corrected chi connectivity index (χ0v) is 10.7. The molecule has 0 aromatic heterocycles. The summed E-state index contributed by atoms with van der Waals surface area (Å²) in [5.41, 5.74) is 0.313. The van der Waals surface area contributed by atoms with Crippen molar-refractivity contribution in [1.82, 2.24) is 0 Å². The van der Waals surface area contributed by atoms with Crippen LogP contribution in [0.1, 0.15) is 5.56 Å². The van der Waals surface area contributed by atoms with Crippen molar-refractivity contribution in [3.05, 3.63) is 28.8 Å². The molecule has 0 bridgehead atoms. The monoisotopic (exact) mass is 286 g/mol. The van der Waals surface area contributed by atoms with E-state index < -0.39 is 18.5 Å². The number of methoxy groups -OCH3 is 1. The second-order valence-corrected chi connectivity index (χ2v) is 3.82. The first-order valence-electron chi connectivity index (χ1n) is 5.07. The van der Waals surface area contributed by atoms with E-state index >= 15 is 0 Å². The molecule has 1 rings (SSSR count). The number of carboxylic acids is 2. The molecule has 0 heterocycles. The van der Waals surface area contributed by atoms with Gasteiger partial charge in [0.2, 0.25) is 0 Å². The van der Waals surface area contributed by atoms with Crippen molar-refractivity contribution in [1.29, 1.82) is 0 Å². The fourth-order valence-electron chi connectivity index (χ4n) is 1.31. The van der Waals surface area contributed by atoms with Crippen molar-refractivity contribution in [2.75, 3.05) is 13.7 Å². The largest absolute Gasteiger partial charge is 0.493 e. The first kappa shape index (κ1) is 14.8. The van der Waals surface area contributed by atoms with E-state index in [9.17, 15) is 9.59 Å². The van der Waals surface area contributed by atoms with Gasteiger partial charge >= 0.3 is 11.9 Å². The van der Waals surface area contributed by atoms with Crippen LogP contribution in [0.2, 0.25) is 5.02 Å². The molecule has 0 atom stereocenters. The van der Waals surface area contributed by atoms with Crippen molar-refractivity contribution in [3.63, 3.8) is 0 Å². The highest BCUT2D eigenvalue weighted by Gasteiger charge is 2.13. The second kappa shape index (κ2) is 6.65. The fourth-order valence-corrected chi connectivity index (χ4v) is 1.53. The van der Waals surface area contributed by atoms with E-state index in [0.29, 0.717) is 10.6 Å². The molecular weight excluding hydrogens is 276 g/mol. The lowest BCUT2D eigenvalue weighted by Gasteiger charge is -2.12. The van der Waals surface area contributed by atoms with E-state index in [1.165, 1.54) is 25.3 Å². The number of halogens is 1. The average molecular weight is 287 g/mol. The maximum absolute atomic E-state index is 10.5. The standard InChI is InChI=1S/C12H11ClO6/c1-18-9-5-8(13)4-7(2-3-10(14)15)12(9)19-6-11(16)17/h2-5H,6H2,1H3,(H,14,15)(H,16,17). The molecular formula is C12H11ClO6. The molecule has 1 aromatic carbocycles. The van der Waals surface area contributed by atoms with Gasteiger partial charge in [-0.2, -0.15) is 0 Å². The number of carbonyl (C=O) groups is 2. The summed E-state index contributed by atoms with van der Waals surface area (Å²) in [6.45, 7) is -0.577. The molecule has 0 aliphatic carbocycles. The molecule has 0 fully saturated rings. The zero-order valence-electron chi connectivity index (χ0n) is 9.92. The topological polar surface area (TPSA) is 93.1 Å². The van der Waals surface area contributed by atoms with Crippen LogP contribution in [0.5, 0.6) is 11.5 Å². The maximum atomic E-state index is 10.5. The van der Waals surface area contributed by atoms with Gasteiger partial charge in [0.1, 0.15) is 0 Å². The highest BCUT2D eigenvalue weighted by Crippen LogP contribution is 2.35. The number of aliphatic carboxylic acids is 2. The van der Waals surface area contributed by atoms with Crippen LogP contribution in [-0.4, -0.2) is 35.9 Å². The predicted molar refractivity (Wildman–Crippen MR) is 67.8 cm³/mol. The first-order chi connectivity index (χ1) is 8.93. The summed E-state index contributed by atoms with van der Waals surface area (Å²) in [6.07, 6.45) is 2.13. The van der Waals surface area contributed by atoms with Crippen LogP contribution in [0.4, 0.5) is 0 Å². The summed E-state index contributed by atoms with van der Waals surface area (Å²) in [5, 5.41) is 17.5. The van der Waals surface area contributed by atoms with Gasteiger partial charge in [-0.15, -0.1) is 0 Å². The normalized spacial score (nSPS) is 10.4. The van der Waals surface area contributed by atoms with E-state index in [4.69, 9.17) is 31.3 Å². The molecule has 0 spiro atoms. The minimum absolute atomic E-state index is 0.117. The van der Waals surface area contributed by atoms with Gasteiger partial charge in [0.25, 0.3) is 0 Å². The Morgan fingerprint density at radius 3 is 2.58 bits per heavy atom. The van der Waals surface area contributed by atoms with E-state index in [1.54, 1.807) is 0 Å². The summed E-state index contributed by atoms with van der Waals surface area (Å²) in [4.78, 5) is 21.0. The number of hydrogen-bond acceptors (Lipinski definition) is 4. The van der Waals surface area contributed by atoms with Crippen LogP contribution in [0, 0.1) is 0 Å². The first-order valence-corrected chi connectivity index (χ1v) is 5.45. The summed E-state index contributed by atoms with van der Waals surface area (Å²) in [7, 11) is 1.37. The lowest BCUT2D eigenvalue weighted by atomic mass is 10.1. The molecule has 0 aliphatic rings. The van der Waals surface area contributed by atoms with Crippen molar-refractivity contribution in [2.45, 2.75) is 0 Å². The maximum Gasteiger partial charge on any atom is 0.341 e. The van der Waals surface area contributed by atoms with E-state index in [1.807, 2.05) is 0 Å². The van der Waals surface area contributed by atoms with Crippen molar-refractivity contribution in [2.24, 2.45) is 0 Å². The molecule has 0 aliphatic heterocycles. The molecule has 6 nitrogen and oxygen atoms in total. The molecule has 19 heavy (non-hydrogen) atoms.